The number of nitriles is 1. The van der Waals surface area contributed by atoms with Crippen molar-refractivity contribution in [3.63, 3.8) is 0 Å². The molecule has 27 heavy (non-hydrogen) atoms. The second-order valence-corrected chi connectivity index (χ2v) is 7.17. The molecule has 0 aliphatic carbocycles. The molecule has 1 fully saturated rings. The number of ether oxygens (including phenoxy) is 1. The van der Waals surface area contributed by atoms with Gasteiger partial charge in [-0.3, -0.25) is 9.69 Å². The number of nitrogens with zero attached hydrogens (tertiary/aromatic N) is 3. The maximum absolute atomic E-state index is 13.3. The smallest absolute Gasteiger partial charge is 0.418 e. The molecular weight excluding hydrogens is 363 g/mol. The number of halogens is 3. The lowest BCUT2D eigenvalue weighted by molar-refractivity contribution is -0.141. The highest BCUT2D eigenvalue weighted by molar-refractivity contribution is 5.83. The Hall–Kier alpha value is -2.76. The molecule has 0 aromatic heterocycles. The normalized spacial score (nSPS) is 15.5. The zero-order valence-corrected chi connectivity index (χ0v) is 15.3. The van der Waals surface area contributed by atoms with Crippen LogP contribution < -0.4 is 0 Å². The van der Waals surface area contributed by atoms with E-state index >= 15 is 0 Å². The highest BCUT2D eigenvalue weighted by atomic mass is 19.4. The van der Waals surface area contributed by atoms with Crippen LogP contribution in [-0.2, 0) is 22.3 Å². The molecule has 1 aliphatic rings. The molecule has 2 amide bonds. The van der Waals surface area contributed by atoms with Crippen molar-refractivity contribution in [2.75, 3.05) is 19.6 Å². The van der Waals surface area contributed by atoms with E-state index in [1.165, 1.54) is 21.9 Å². The molecule has 1 aromatic carbocycles. The molecule has 1 saturated heterocycles. The Balaban J connectivity index is 2.14. The first kappa shape index (κ1) is 20.6. The summed E-state index contributed by atoms with van der Waals surface area (Å²) in [5.41, 5.74) is -2.38. The Labute approximate surface area is 155 Å². The predicted molar refractivity (Wildman–Crippen MR) is 89.4 cm³/mol. The van der Waals surface area contributed by atoms with Crippen LogP contribution in [0.15, 0.2) is 18.2 Å². The number of hydrogen-bond donors (Lipinski definition) is 0. The van der Waals surface area contributed by atoms with Gasteiger partial charge in [-0.1, -0.05) is 12.1 Å². The molecule has 1 aromatic rings. The van der Waals surface area contributed by atoms with E-state index in [0.29, 0.717) is 0 Å². The molecule has 6 nitrogen and oxygen atoms in total. The summed E-state index contributed by atoms with van der Waals surface area (Å²) >= 11 is 0. The average molecular weight is 383 g/mol. The lowest BCUT2D eigenvalue weighted by atomic mass is 10.0. The molecule has 9 heteroatoms. The quantitative estimate of drug-likeness (QED) is 0.786. The maximum atomic E-state index is 13.3. The highest BCUT2D eigenvalue weighted by Crippen LogP contribution is 2.35. The topological polar surface area (TPSA) is 73.6 Å². The van der Waals surface area contributed by atoms with E-state index in [9.17, 15) is 22.8 Å². The summed E-state index contributed by atoms with van der Waals surface area (Å²) in [5, 5.41) is 8.96. The minimum Gasteiger partial charge on any atom is -0.444 e. The second kappa shape index (κ2) is 7.47. The average Bonchev–Trinajstić information content (AvgIpc) is 2.53. The van der Waals surface area contributed by atoms with Crippen LogP contribution in [0, 0.1) is 11.3 Å². The zero-order valence-electron chi connectivity index (χ0n) is 15.3. The standard InChI is InChI=1S/C18H20F3N3O3/c1-17(2,3)27-16(26)24-8-7-23(14(25)11-24)10-13-6-4-5-12(9-22)15(13)18(19,20)21/h4-6H,7-8,10-11H2,1-3H3. The van der Waals surface area contributed by atoms with Gasteiger partial charge in [-0.2, -0.15) is 18.4 Å². The van der Waals surface area contributed by atoms with E-state index in [4.69, 9.17) is 10.00 Å². The molecule has 2 rings (SSSR count). The Morgan fingerprint density at radius 1 is 1.26 bits per heavy atom. The van der Waals surface area contributed by atoms with Crippen LogP contribution in [0.3, 0.4) is 0 Å². The summed E-state index contributed by atoms with van der Waals surface area (Å²) in [6, 6.07) is 5.23. The molecule has 0 unspecified atom stereocenters. The monoisotopic (exact) mass is 383 g/mol. The second-order valence-electron chi connectivity index (χ2n) is 7.17. The van der Waals surface area contributed by atoms with Crippen molar-refractivity contribution in [3.8, 4) is 6.07 Å². The van der Waals surface area contributed by atoms with Gasteiger partial charge in [-0.05, 0) is 32.4 Å². The number of benzene rings is 1. The predicted octanol–water partition coefficient (Wildman–Crippen LogP) is 3.16. The maximum Gasteiger partial charge on any atom is 0.418 e. The van der Waals surface area contributed by atoms with Crippen LogP contribution in [0.25, 0.3) is 0 Å². The molecule has 0 N–H and O–H groups in total. The van der Waals surface area contributed by atoms with Gasteiger partial charge < -0.3 is 9.64 Å². The van der Waals surface area contributed by atoms with Gasteiger partial charge >= 0.3 is 12.3 Å². The SMILES string of the molecule is CC(C)(C)OC(=O)N1CCN(Cc2cccc(C#N)c2C(F)(F)F)C(=O)C1. The first-order valence-electron chi connectivity index (χ1n) is 8.27. The molecule has 1 aliphatic heterocycles. The number of hydrogen-bond acceptors (Lipinski definition) is 4. The number of rotatable bonds is 2. The van der Waals surface area contributed by atoms with Gasteiger partial charge in [0.2, 0.25) is 5.91 Å². The van der Waals surface area contributed by atoms with Gasteiger partial charge in [0.15, 0.2) is 0 Å². The minimum atomic E-state index is -4.71. The minimum absolute atomic E-state index is 0.0756. The molecular formula is C18H20F3N3O3. The van der Waals surface area contributed by atoms with Gasteiger partial charge in [0.25, 0.3) is 0 Å². The summed E-state index contributed by atoms with van der Waals surface area (Å²) in [7, 11) is 0. The van der Waals surface area contributed by atoms with Crippen molar-refractivity contribution in [3.05, 3.63) is 34.9 Å². The van der Waals surface area contributed by atoms with Gasteiger partial charge in [-0.15, -0.1) is 0 Å². The van der Waals surface area contributed by atoms with Gasteiger partial charge in [0.1, 0.15) is 12.1 Å². The van der Waals surface area contributed by atoms with E-state index in [1.807, 2.05) is 0 Å². The third-order valence-corrected chi connectivity index (χ3v) is 3.89. The molecule has 146 valence electrons. The van der Waals surface area contributed by atoms with Crippen LogP contribution in [0.2, 0.25) is 0 Å². The summed E-state index contributed by atoms with van der Waals surface area (Å²) in [6.45, 7) is 4.77. The van der Waals surface area contributed by atoms with Gasteiger partial charge in [0.05, 0.1) is 17.2 Å². The lowest BCUT2D eigenvalue weighted by Crippen LogP contribution is -2.52. The molecule has 0 radical (unpaired) electrons. The fraction of sp³-hybridized carbons (Fsp3) is 0.500. The summed E-state index contributed by atoms with van der Waals surface area (Å²) < 4.78 is 45.3. The van der Waals surface area contributed by atoms with Crippen LogP contribution >= 0.6 is 0 Å². The molecule has 0 spiro atoms. The Morgan fingerprint density at radius 3 is 2.44 bits per heavy atom. The Kier molecular flexibility index (Phi) is 5.68. The first-order chi connectivity index (χ1) is 12.4. The van der Waals surface area contributed by atoms with Gasteiger partial charge in [-0.25, -0.2) is 4.79 Å². The largest absolute Gasteiger partial charge is 0.444 e. The van der Waals surface area contributed by atoms with E-state index in [-0.39, 0.29) is 31.7 Å². The number of amides is 2. The van der Waals surface area contributed by atoms with Gasteiger partial charge in [0, 0.05) is 19.6 Å². The van der Waals surface area contributed by atoms with Crippen LogP contribution in [0.1, 0.15) is 37.5 Å². The van der Waals surface area contributed by atoms with Crippen LogP contribution in [0.4, 0.5) is 18.0 Å². The fourth-order valence-corrected chi connectivity index (χ4v) is 2.72. The van der Waals surface area contributed by atoms with Crippen molar-refractivity contribution in [2.45, 2.75) is 39.1 Å². The summed E-state index contributed by atoms with van der Waals surface area (Å²) in [6.07, 6.45) is -5.35. The third-order valence-electron chi connectivity index (χ3n) is 3.89. The zero-order chi connectivity index (χ0) is 20.4. The van der Waals surface area contributed by atoms with E-state index < -0.39 is 34.9 Å². The first-order valence-corrected chi connectivity index (χ1v) is 8.27. The van der Waals surface area contributed by atoms with Crippen molar-refractivity contribution in [1.29, 1.82) is 5.26 Å². The summed E-state index contributed by atoms with van der Waals surface area (Å²) in [4.78, 5) is 26.8. The van der Waals surface area contributed by atoms with Crippen LogP contribution in [-0.4, -0.2) is 47.0 Å². The lowest BCUT2D eigenvalue weighted by Gasteiger charge is -2.35. The Morgan fingerprint density at radius 2 is 1.93 bits per heavy atom. The number of carbonyl (C=O) groups excluding carboxylic acids is 2. The van der Waals surface area contributed by atoms with Crippen molar-refractivity contribution >= 4 is 12.0 Å². The van der Waals surface area contributed by atoms with Crippen LogP contribution in [0.5, 0.6) is 0 Å². The van der Waals surface area contributed by atoms with Crippen molar-refractivity contribution in [1.82, 2.24) is 9.80 Å². The van der Waals surface area contributed by atoms with Crippen molar-refractivity contribution < 1.29 is 27.5 Å². The third kappa shape index (κ3) is 5.12. The fourth-order valence-electron chi connectivity index (χ4n) is 2.72. The molecule has 0 saturated carbocycles. The highest BCUT2D eigenvalue weighted by Gasteiger charge is 2.37. The number of carbonyl (C=O) groups is 2. The Bertz CT molecular complexity index is 779. The van der Waals surface area contributed by atoms with E-state index in [0.717, 1.165) is 6.07 Å². The molecule has 1 heterocycles. The van der Waals surface area contributed by atoms with E-state index in [1.54, 1.807) is 26.8 Å². The van der Waals surface area contributed by atoms with E-state index in [2.05, 4.69) is 0 Å². The molecule has 0 bridgehead atoms. The van der Waals surface area contributed by atoms with Crippen molar-refractivity contribution in [2.24, 2.45) is 0 Å². The number of alkyl halides is 3. The summed E-state index contributed by atoms with van der Waals surface area (Å²) in [5.74, 6) is -0.484. The molecule has 0 atom stereocenters. The number of piperazine rings is 1.